The SMILES string of the molecule is CCOc1ccc(S(=O)(=O)N(CC)CC)cc1NC(=O)CC1CC2CCC1C2. The van der Waals surface area contributed by atoms with Crippen molar-refractivity contribution in [3.63, 3.8) is 0 Å². The van der Waals surface area contributed by atoms with Crippen molar-refractivity contribution in [1.29, 1.82) is 0 Å². The van der Waals surface area contributed by atoms with Gasteiger partial charge in [-0.05, 0) is 62.1 Å². The minimum Gasteiger partial charge on any atom is -0.492 e. The Labute approximate surface area is 168 Å². The predicted octanol–water partition coefficient (Wildman–Crippen LogP) is 3.88. The van der Waals surface area contributed by atoms with Crippen molar-refractivity contribution in [2.75, 3.05) is 25.0 Å². The fraction of sp³-hybridized carbons (Fsp3) is 0.667. The molecule has 3 unspecified atom stereocenters. The highest BCUT2D eigenvalue weighted by Crippen LogP contribution is 2.49. The van der Waals surface area contributed by atoms with E-state index in [-0.39, 0.29) is 10.8 Å². The first-order valence-electron chi connectivity index (χ1n) is 10.5. The number of hydrogen-bond acceptors (Lipinski definition) is 4. The number of ether oxygens (including phenoxy) is 1. The molecule has 2 bridgehead atoms. The predicted molar refractivity (Wildman–Crippen MR) is 110 cm³/mol. The van der Waals surface area contributed by atoms with Crippen molar-refractivity contribution < 1.29 is 17.9 Å². The van der Waals surface area contributed by atoms with Crippen LogP contribution in [-0.4, -0.2) is 38.3 Å². The number of nitrogens with one attached hydrogen (secondary N) is 1. The lowest BCUT2D eigenvalue weighted by molar-refractivity contribution is -0.117. The maximum absolute atomic E-state index is 12.8. The lowest BCUT2D eigenvalue weighted by Crippen LogP contribution is -2.30. The van der Waals surface area contributed by atoms with E-state index in [2.05, 4.69) is 5.32 Å². The third kappa shape index (κ3) is 4.35. The van der Waals surface area contributed by atoms with Gasteiger partial charge in [0.15, 0.2) is 0 Å². The lowest BCUT2D eigenvalue weighted by atomic mass is 9.86. The summed E-state index contributed by atoms with van der Waals surface area (Å²) in [6.07, 6.45) is 5.46. The number of amides is 1. The average molecular weight is 409 g/mol. The van der Waals surface area contributed by atoms with Crippen molar-refractivity contribution in [1.82, 2.24) is 4.31 Å². The number of carbonyl (C=O) groups excluding carboxylic acids is 1. The molecule has 3 rings (SSSR count). The Bertz CT molecular complexity index is 805. The van der Waals surface area contributed by atoms with Gasteiger partial charge in [0.25, 0.3) is 0 Å². The fourth-order valence-electron chi connectivity index (χ4n) is 4.83. The van der Waals surface area contributed by atoms with Crippen LogP contribution >= 0.6 is 0 Å². The monoisotopic (exact) mass is 408 g/mol. The zero-order chi connectivity index (χ0) is 20.3. The van der Waals surface area contributed by atoms with Gasteiger partial charge in [-0.15, -0.1) is 0 Å². The van der Waals surface area contributed by atoms with Crippen LogP contribution in [0, 0.1) is 17.8 Å². The van der Waals surface area contributed by atoms with Crippen LogP contribution in [0.15, 0.2) is 23.1 Å². The van der Waals surface area contributed by atoms with Gasteiger partial charge in [0.2, 0.25) is 15.9 Å². The standard InChI is InChI=1S/C21H32N2O4S/c1-4-23(5-2)28(25,26)18-9-10-20(27-6-3)19(14-18)22-21(24)13-17-12-15-7-8-16(17)11-15/h9-10,14-17H,4-8,11-13H2,1-3H3,(H,22,24). The Morgan fingerprint density at radius 3 is 2.50 bits per heavy atom. The molecule has 156 valence electrons. The maximum atomic E-state index is 12.8. The number of anilines is 1. The molecule has 2 saturated carbocycles. The summed E-state index contributed by atoms with van der Waals surface area (Å²) in [7, 11) is -3.59. The highest BCUT2D eigenvalue weighted by molar-refractivity contribution is 7.89. The molecule has 7 heteroatoms. The molecule has 2 aliphatic rings. The van der Waals surface area contributed by atoms with E-state index >= 15 is 0 Å². The Morgan fingerprint density at radius 1 is 1.18 bits per heavy atom. The number of sulfonamides is 1. The van der Waals surface area contributed by atoms with Gasteiger partial charge in [-0.3, -0.25) is 4.79 Å². The summed E-state index contributed by atoms with van der Waals surface area (Å²) >= 11 is 0. The second-order valence-electron chi connectivity index (χ2n) is 7.87. The molecule has 0 radical (unpaired) electrons. The molecule has 1 N–H and O–H groups in total. The molecule has 0 aromatic heterocycles. The highest BCUT2D eigenvalue weighted by atomic mass is 32.2. The third-order valence-corrected chi connectivity index (χ3v) is 8.25. The minimum absolute atomic E-state index is 0.0594. The van der Waals surface area contributed by atoms with Crippen LogP contribution in [0.5, 0.6) is 5.75 Å². The van der Waals surface area contributed by atoms with Crippen LogP contribution in [0.4, 0.5) is 5.69 Å². The first-order valence-corrected chi connectivity index (χ1v) is 11.9. The van der Waals surface area contributed by atoms with Gasteiger partial charge >= 0.3 is 0 Å². The molecule has 0 saturated heterocycles. The number of benzene rings is 1. The molecule has 6 nitrogen and oxygen atoms in total. The van der Waals surface area contributed by atoms with Gasteiger partial charge in [0.1, 0.15) is 5.75 Å². The number of fused-ring (bicyclic) bond motifs is 2. The lowest BCUT2D eigenvalue weighted by Gasteiger charge is -2.22. The van der Waals surface area contributed by atoms with Crippen LogP contribution in [0.2, 0.25) is 0 Å². The molecule has 3 atom stereocenters. The van der Waals surface area contributed by atoms with Crippen LogP contribution in [0.3, 0.4) is 0 Å². The first-order chi connectivity index (χ1) is 13.4. The summed E-state index contributed by atoms with van der Waals surface area (Å²) in [5, 5.41) is 2.92. The molecule has 2 fully saturated rings. The van der Waals surface area contributed by atoms with Crippen molar-refractivity contribution >= 4 is 21.6 Å². The summed E-state index contributed by atoms with van der Waals surface area (Å²) in [5.74, 6) is 2.37. The molecule has 0 aliphatic heterocycles. The second kappa shape index (κ2) is 8.82. The number of rotatable bonds is 9. The van der Waals surface area contributed by atoms with Gasteiger partial charge in [0, 0.05) is 19.5 Å². The molecule has 0 heterocycles. The first kappa shape index (κ1) is 21.1. The highest BCUT2D eigenvalue weighted by Gasteiger charge is 2.40. The normalized spacial score (nSPS) is 23.9. The van der Waals surface area contributed by atoms with Crippen LogP contribution in [0.1, 0.15) is 52.9 Å². The van der Waals surface area contributed by atoms with E-state index < -0.39 is 10.0 Å². The van der Waals surface area contributed by atoms with Crippen LogP contribution in [0.25, 0.3) is 0 Å². The Hall–Kier alpha value is -1.60. The quantitative estimate of drug-likeness (QED) is 0.673. The molecular weight excluding hydrogens is 376 g/mol. The van der Waals surface area contributed by atoms with E-state index in [1.807, 2.05) is 20.8 Å². The molecule has 28 heavy (non-hydrogen) atoms. The largest absolute Gasteiger partial charge is 0.492 e. The van der Waals surface area contributed by atoms with E-state index in [0.717, 1.165) is 12.3 Å². The van der Waals surface area contributed by atoms with Gasteiger partial charge in [-0.25, -0.2) is 8.42 Å². The minimum atomic E-state index is -3.59. The van der Waals surface area contributed by atoms with E-state index in [1.54, 1.807) is 12.1 Å². The topological polar surface area (TPSA) is 75.7 Å². The second-order valence-corrected chi connectivity index (χ2v) is 9.81. The maximum Gasteiger partial charge on any atom is 0.243 e. The Kier molecular flexibility index (Phi) is 6.65. The van der Waals surface area contributed by atoms with Gasteiger partial charge in [0.05, 0.1) is 17.2 Å². The summed E-state index contributed by atoms with van der Waals surface area (Å²) < 4.78 is 32.7. The molecule has 2 aliphatic carbocycles. The Morgan fingerprint density at radius 2 is 1.93 bits per heavy atom. The summed E-state index contributed by atoms with van der Waals surface area (Å²) in [5.41, 5.74) is 0.434. The molecule has 1 amide bonds. The average Bonchev–Trinajstić information content (AvgIpc) is 3.27. The van der Waals surface area contributed by atoms with Crippen molar-refractivity contribution in [3.05, 3.63) is 18.2 Å². The zero-order valence-corrected chi connectivity index (χ0v) is 17.9. The Balaban J connectivity index is 1.78. The van der Waals surface area contributed by atoms with Crippen molar-refractivity contribution in [2.24, 2.45) is 17.8 Å². The van der Waals surface area contributed by atoms with Gasteiger partial charge in [-0.1, -0.05) is 20.3 Å². The number of hydrogen-bond donors (Lipinski definition) is 1. The number of carbonyl (C=O) groups is 1. The molecular formula is C21H32N2O4S. The van der Waals surface area contributed by atoms with Crippen molar-refractivity contribution in [3.8, 4) is 5.75 Å². The van der Waals surface area contributed by atoms with Crippen LogP contribution < -0.4 is 10.1 Å². The summed E-state index contributed by atoms with van der Waals surface area (Å²) in [4.78, 5) is 12.9. The van der Waals surface area contributed by atoms with E-state index in [0.29, 0.717) is 49.4 Å². The van der Waals surface area contributed by atoms with Crippen molar-refractivity contribution in [2.45, 2.75) is 57.8 Å². The van der Waals surface area contributed by atoms with E-state index in [4.69, 9.17) is 4.74 Å². The fourth-order valence-corrected chi connectivity index (χ4v) is 6.31. The molecule has 1 aromatic rings. The van der Waals surface area contributed by atoms with Gasteiger partial charge in [-0.2, -0.15) is 4.31 Å². The van der Waals surface area contributed by atoms with Crippen LogP contribution in [-0.2, 0) is 14.8 Å². The third-order valence-electron chi connectivity index (χ3n) is 6.20. The summed E-state index contributed by atoms with van der Waals surface area (Å²) in [6, 6.07) is 4.70. The number of nitrogens with zero attached hydrogens (tertiary/aromatic N) is 1. The van der Waals surface area contributed by atoms with E-state index in [1.165, 1.54) is 29.6 Å². The zero-order valence-electron chi connectivity index (χ0n) is 17.1. The molecule has 1 aromatic carbocycles. The van der Waals surface area contributed by atoms with E-state index in [9.17, 15) is 13.2 Å². The smallest absolute Gasteiger partial charge is 0.243 e. The van der Waals surface area contributed by atoms with Gasteiger partial charge < -0.3 is 10.1 Å². The molecule has 0 spiro atoms. The summed E-state index contributed by atoms with van der Waals surface area (Å²) in [6.45, 7) is 6.73.